The molecular formula is C22H19Cl2N7O3S. The molecule has 0 aliphatic carbocycles. The second-order valence-corrected chi connectivity index (χ2v) is 8.57. The molecule has 0 bridgehead atoms. The molecule has 5 rings (SSSR count). The summed E-state index contributed by atoms with van der Waals surface area (Å²) in [7, 11) is 3.38. The number of fused-ring (bicyclic) bond motifs is 2. The minimum atomic E-state index is -0.446. The molecule has 10 nitrogen and oxygen atoms in total. The van der Waals surface area contributed by atoms with E-state index >= 15 is 0 Å². The first-order valence-corrected chi connectivity index (χ1v) is 11.0. The van der Waals surface area contributed by atoms with Crippen molar-refractivity contribution in [2.45, 2.75) is 0 Å². The van der Waals surface area contributed by atoms with E-state index in [2.05, 4.69) is 29.9 Å². The van der Waals surface area contributed by atoms with Crippen LogP contribution in [0, 0.1) is 4.77 Å². The second kappa shape index (κ2) is 10.7. The first-order chi connectivity index (χ1) is 16.3. The Hall–Kier alpha value is -3.64. The van der Waals surface area contributed by atoms with Crippen LogP contribution in [0.4, 0.5) is 0 Å². The number of rotatable bonds is 3. The van der Waals surface area contributed by atoms with Gasteiger partial charge in [0.15, 0.2) is 21.8 Å². The van der Waals surface area contributed by atoms with Crippen LogP contribution in [-0.2, 0) is 4.79 Å². The van der Waals surface area contributed by atoms with Crippen LogP contribution in [0.5, 0.6) is 0 Å². The van der Waals surface area contributed by atoms with Gasteiger partial charge in [-0.15, -0.1) is 0 Å². The highest BCUT2D eigenvalue weighted by molar-refractivity contribution is 7.71. The predicted molar refractivity (Wildman–Crippen MR) is 139 cm³/mol. The molecule has 3 aromatic heterocycles. The Morgan fingerprint density at radius 2 is 1.69 bits per heavy atom. The fraction of sp³-hybridized carbons (Fsp3) is 0.0909. The number of carbonyl (C=O) groups is 1. The van der Waals surface area contributed by atoms with Gasteiger partial charge in [-0.05, 0) is 42.5 Å². The maximum absolute atomic E-state index is 12.4. The summed E-state index contributed by atoms with van der Waals surface area (Å²) in [5.74, 6) is 0.487. The van der Waals surface area contributed by atoms with Gasteiger partial charge in [-0.2, -0.15) is 0 Å². The molecule has 0 atom stereocenters. The largest absolute Gasteiger partial charge is 0.412 e. The Morgan fingerprint density at radius 3 is 2.34 bits per heavy atom. The molecule has 0 radical (unpaired) electrons. The van der Waals surface area contributed by atoms with Crippen molar-refractivity contribution in [2.75, 3.05) is 14.1 Å². The van der Waals surface area contributed by atoms with E-state index in [1.165, 1.54) is 4.90 Å². The lowest BCUT2D eigenvalue weighted by Crippen LogP contribution is -2.12. The van der Waals surface area contributed by atoms with Crippen LogP contribution < -0.4 is 5.56 Å². The molecule has 13 heteroatoms. The Morgan fingerprint density at radius 1 is 0.971 bits per heavy atom. The number of aromatic nitrogens is 6. The van der Waals surface area contributed by atoms with E-state index in [-0.39, 0.29) is 21.4 Å². The lowest BCUT2D eigenvalue weighted by atomic mass is 10.1. The lowest BCUT2D eigenvalue weighted by molar-refractivity contribution is -0.115. The van der Waals surface area contributed by atoms with E-state index < -0.39 is 5.56 Å². The number of nitrogens with zero attached hydrogens (tertiary/aromatic N) is 4. The summed E-state index contributed by atoms with van der Waals surface area (Å²) < 4.78 is 0.157. The molecule has 0 unspecified atom stereocenters. The van der Waals surface area contributed by atoms with E-state index in [1.54, 1.807) is 32.3 Å². The minimum absolute atomic E-state index is 0. The first kappa shape index (κ1) is 26.0. The quantitative estimate of drug-likeness (QED) is 0.237. The second-order valence-electron chi connectivity index (χ2n) is 7.32. The number of aromatic amines is 3. The van der Waals surface area contributed by atoms with Crippen LogP contribution >= 0.6 is 35.4 Å². The van der Waals surface area contributed by atoms with Gasteiger partial charge in [0, 0.05) is 24.7 Å². The summed E-state index contributed by atoms with van der Waals surface area (Å²) in [5.41, 5.74) is 2.93. The Kier molecular flexibility index (Phi) is 7.97. The average Bonchev–Trinajstić information content (AvgIpc) is 3.23. The molecule has 0 aliphatic heterocycles. The number of benzene rings is 2. The zero-order valence-corrected chi connectivity index (χ0v) is 20.7. The van der Waals surface area contributed by atoms with Crippen molar-refractivity contribution in [3.05, 3.63) is 67.6 Å². The summed E-state index contributed by atoms with van der Waals surface area (Å²) in [6.45, 7) is 0. The molecule has 1 amide bonds. The lowest BCUT2D eigenvalue weighted by Gasteiger charge is -2.10. The minimum Gasteiger partial charge on any atom is -0.412 e. The van der Waals surface area contributed by atoms with Crippen LogP contribution in [0.25, 0.3) is 45.0 Å². The topological polar surface area (TPSA) is 155 Å². The molecule has 0 saturated carbocycles. The van der Waals surface area contributed by atoms with Crippen molar-refractivity contribution in [3.8, 4) is 22.8 Å². The predicted octanol–water partition coefficient (Wildman–Crippen LogP) is 3.77. The third-order valence-corrected chi connectivity index (χ3v) is 5.33. The van der Waals surface area contributed by atoms with E-state index in [0.29, 0.717) is 32.8 Å². The van der Waals surface area contributed by atoms with Gasteiger partial charge in [-0.1, -0.05) is 35.3 Å². The van der Waals surface area contributed by atoms with Gasteiger partial charge in [0.05, 0.1) is 16.1 Å². The standard InChI is InChI=1S/C19H10Cl2N6OS.C3H7NO.H2O/c20-8-5-6-9(10(21)7-8)13-14(16-22-11-3-1-2-4-12(11)23-16)25-17-15(24-13)18(28)27-19(29)26-17;1-4(2)3-5;/h1-7H,(H,22,23)(H2,25,26,27,28,29);3H,1-2H3;1H2. The molecule has 35 heavy (non-hydrogen) atoms. The average molecular weight is 532 g/mol. The summed E-state index contributed by atoms with van der Waals surface area (Å²) >= 11 is 17.5. The van der Waals surface area contributed by atoms with Crippen molar-refractivity contribution in [3.63, 3.8) is 0 Å². The molecule has 0 aliphatic rings. The summed E-state index contributed by atoms with van der Waals surface area (Å²) in [4.78, 5) is 45.7. The number of H-pyrrole nitrogens is 3. The van der Waals surface area contributed by atoms with E-state index in [4.69, 9.17) is 35.4 Å². The van der Waals surface area contributed by atoms with Gasteiger partial charge in [-0.3, -0.25) is 14.6 Å². The van der Waals surface area contributed by atoms with E-state index in [0.717, 1.165) is 17.4 Å². The number of carbonyl (C=O) groups excluding carboxylic acids is 1. The van der Waals surface area contributed by atoms with Gasteiger partial charge < -0.3 is 20.3 Å². The summed E-state index contributed by atoms with van der Waals surface area (Å²) in [5, 5.41) is 0.864. The zero-order chi connectivity index (χ0) is 24.4. The van der Waals surface area contributed by atoms with Crippen LogP contribution in [0.3, 0.4) is 0 Å². The van der Waals surface area contributed by atoms with Crippen LogP contribution in [0.1, 0.15) is 0 Å². The summed E-state index contributed by atoms with van der Waals surface area (Å²) in [6.07, 6.45) is 0.750. The van der Waals surface area contributed by atoms with Gasteiger partial charge in [0.1, 0.15) is 11.4 Å². The Balaban J connectivity index is 0.000000521. The van der Waals surface area contributed by atoms with Crippen LogP contribution in [-0.4, -0.2) is 60.8 Å². The fourth-order valence-electron chi connectivity index (χ4n) is 3.08. The molecule has 0 saturated heterocycles. The van der Waals surface area contributed by atoms with E-state index in [9.17, 15) is 9.59 Å². The normalized spacial score (nSPS) is 10.4. The number of nitrogens with one attached hydrogen (secondary N) is 3. The van der Waals surface area contributed by atoms with Gasteiger partial charge >= 0.3 is 0 Å². The smallest absolute Gasteiger partial charge is 0.279 e. The number of imidazole rings is 1. The highest BCUT2D eigenvalue weighted by Crippen LogP contribution is 2.35. The van der Waals surface area contributed by atoms with Crippen LogP contribution in [0.2, 0.25) is 10.0 Å². The maximum atomic E-state index is 12.4. The van der Waals surface area contributed by atoms with Crippen molar-refractivity contribution in [1.82, 2.24) is 34.8 Å². The summed E-state index contributed by atoms with van der Waals surface area (Å²) in [6, 6.07) is 12.6. The maximum Gasteiger partial charge on any atom is 0.279 e. The molecule has 5 aromatic rings. The van der Waals surface area contributed by atoms with Gasteiger partial charge in [0.2, 0.25) is 6.41 Å². The van der Waals surface area contributed by atoms with Crippen molar-refractivity contribution >= 4 is 64.0 Å². The van der Waals surface area contributed by atoms with Gasteiger partial charge in [-0.25, -0.2) is 15.0 Å². The molecule has 180 valence electrons. The Bertz CT molecular complexity index is 1610. The number of halogens is 2. The third-order valence-electron chi connectivity index (χ3n) is 4.58. The van der Waals surface area contributed by atoms with E-state index in [1.807, 2.05) is 24.3 Å². The van der Waals surface area contributed by atoms with Gasteiger partial charge in [0.25, 0.3) is 5.56 Å². The van der Waals surface area contributed by atoms with Crippen molar-refractivity contribution < 1.29 is 10.3 Å². The van der Waals surface area contributed by atoms with Crippen LogP contribution in [0.15, 0.2) is 47.3 Å². The molecule has 0 spiro atoms. The molecule has 3 heterocycles. The fourth-order valence-corrected chi connectivity index (χ4v) is 3.77. The first-order valence-electron chi connectivity index (χ1n) is 9.83. The molecule has 5 N–H and O–H groups in total. The number of para-hydroxylation sites is 2. The highest BCUT2D eigenvalue weighted by atomic mass is 35.5. The third kappa shape index (κ3) is 5.54. The SMILES string of the molecule is CN(C)C=O.O.O=c1[nH]c(=S)[nH]c2nc(-c3nc4ccccc4[nH]3)c(-c3ccc(Cl)cc3Cl)nc12. The van der Waals surface area contributed by atoms with Crippen molar-refractivity contribution in [2.24, 2.45) is 0 Å². The highest BCUT2D eigenvalue weighted by Gasteiger charge is 2.20. The number of hydrogen-bond donors (Lipinski definition) is 3. The number of hydrogen-bond acceptors (Lipinski definition) is 6. The molecule has 2 aromatic carbocycles. The molecular weight excluding hydrogens is 513 g/mol. The number of amides is 1. The monoisotopic (exact) mass is 531 g/mol. The zero-order valence-electron chi connectivity index (χ0n) is 18.4. The molecule has 0 fully saturated rings. The van der Waals surface area contributed by atoms with Crippen molar-refractivity contribution in [1.29, 1.82) is 0 Å². The Labute approximate surface area is 213 Å².